The molecule has 206 valence electrons. The Bertz CT molecular complexity index is 1300. The molecule has 3 atom stereocenters. The van der Waals surface area contributed by atoms with E-state index in [1.807, 2.05) is 24.0 Å². The molecule has 1 aromatic carbocycles. The summed E-state index contributed by atoms with van der Waals surface area (Å²) in [4.78, 5) is 26.7. The minimum atomic E-state index is -3.15. The molecule has 3 heterocycles. The standard InChI is InChI=1S/C27H35Cl2N5O3S/c1-17-25(11-18-4-5-23(28)24(29)10-18)30-16-31-26(17)27(35)33-8-6-21(7-9-33)34-14-19-12-22(13-20(19)15-34)32(2)38(3,36)37/h4-5,10,16,19-22H,6-9,11-15H2,1-3H3/t19-,20+,22?. The van der Waals surface area contributed by atoms with Crippen LogP contribution in [0.2, 0.25) is 10.0 Å². The van der Waals surface area contributed by atoms with E-state index in [-0.39, 0.29) is 11.9 Å². The minimum absolute atomic E-state index is 0.0383. The molecule has 0 N–H and O–H groups in total. The van der Waals surface area contributed by atoms with Gasteiger partial charge in [0.1, 0.15) is 12.0 Å². The first-order valence-electron chi connectivity index (χ1n) is 13.2. The van der Waals surface area contributed by atoms with Crippen LogP contribution in [-0.4, -0.2) is 90.0 Å². The number of sulfonamides is 1. The molecule has 38 heavy (non-hydrogen) atoms. The average Bonchev–Trinajstić information content (AvgIpc) is 3.46. The van der Waals surface area contributed by atoms with Gasteiger partial charge in [-0.05, 0) is 62.1 Å². The lowest BCUT2D eigenvalue weighted by atomic mass is 10.0. The minimum Gasteiger partial charge on any atom is -0.337 e. The van der Waals surface area contributed by atoms with Crippen LogP contribution in [0.25, 0.3) is 0 Å². The largest absolute Gasteiger partial charge is 0.337 e. The van der Waals surface area contributed by atoms with E-state index in [0.29, 0.717) is 53.1 Å². The third kappa shape index (κ3) is 5.72. The first-order valence-corrected chi connectivity index (χ1v) is 15.8. The fourth-order valence-corrected chi connectivity index (χ4v) is 7.51. The smallest absolute Gasteiger partial charge is 0.272 e. The van der Waals surface area contributed by atoms with Gasteiger partial charge < -0.3 is 4.90 Å². The third-order valence-electron chi connectivity index (χ3n) is 8.81. The molecule has 0 bridgehead atoms. The number of rotatable bonds is 6. The Kier molecular flexibility index (Phi) is 8.04. The normalized spacial score (nSPS) is 24.8. The third-order valence-corrected chi connectivity index (χ3v) is 10.9. The summed E-state index contributed by atoms with van der Waals surface area (Å²) in [5.74, 6) is 1.08. The predicted octanol–water partition coefficient (Wildman–Crippen LogP) is 3.89. The van der Waals surface area contributed by atoms with Crippen LogP contribution in [-0.2, 0) is 16.4 Å². The maximum Gasteiger partial charge on any atom is 0.272 e. The van der Waals surface area contributed by atoms with Crippen LogP contribution in [0.5, 0.6) is 0 Å². The molecule has 8 nitrogen and oxygen atoms in total. The summed E-state index contributed by atoms with van der Waals surface area (Å²) in [5.41, 5.74) is 3.04. The molecule has 3 aliphatic rings. The maximum atomic E-state index is 13.4. The summed E-state index contributed by atoms with van der Waals surface area (Å²) in [6.07, 6.45) is 7.08. The number of piperidine rings is 1. The Labute approximate surface area is 235 Å². The van der Waals surface area contributed by atoms with E-state index in [1.165, 1.54) is 12.6 Å². The summed E-state index contributed by atoms with van der Waals surface area (Å²) in [7, 11) is -1.44. The highest BCUT2D eigenvalue weighted by atomic mass is 35.5. The van der Waals surface area contributed by atoms with Crippen LogP contribution in [0.4, 0.5) is 0 Å². The van der Waals surface area contributed by atoms with Crippen molar-refractivity contribution in [2.45, 2.75) is 51.1 Å². The molecule has 1 aromatic heterocycles. The Morgan fingerprint density at radius 3 is 2.34 bits per heavy atom. The Morgan fingerprint density at radius 2 is 1.74 bits per heavy atom. The number of amides is 1. The van der Waals surface area contributed by atoms with Crippen molar-refractivity contribution >= 4 is 39.1 Å². The second kappa shape index (κ2) is 11.0. The van der Waals surface area contributed by atoms with Crippen molar-refractivity contribution in [3.63, 3.8) is 0 Å². The highest BCUT2D eigenvalue weighted by Gasteiger charge is 2.45. The molecule has 1 aliphatic carbocycles. The molecular weight excluding hydrogens is 545 g/mol. The van der Waals surface area contributed by atoms with Gasteiger partial charge in [-0.25, -0.2) is 22.7 Å². The molecular formula is C27H35Cl2N5O3S. The molecule has 1 unspecified atom stereocenters. The number of hydrogen-bond acceptors (Lipinski definition) is 6. The Hall–Kier alpha value is -1.78. The summed E-state index contributed by atoms with van der Waals surface area (Å²) in [6.45, 7) is 5.38. The molecule has 2 saturated heterocycles. The van der Waals surface area contributed by atoms with Crippen LogP contribution in [0.3, 0.4) is 0 Å². The van der Waals surface area contributed by atoms with E-state index in [2.05, 4.69) is 14.9 Å². The highest BCUT2D eigenvalue weighted by molar-refractivity contribution is 7.88. The van der Waals surface area contributed by atoms with Gasteiger partial charge in [0.15, 0.2) is 0 Å². The zero-order valence-corrected chi connectivity index (χ0v) is 24.4. The quantitative estimate of drug-likeness (QED) is 0.516. The van der Waals surface area contributed by atoms with Gasteiger partial charge in [0.25, 0.3) is 5.91 Å². The molecule has 0 spiro atoms. The van der Waals surface area contributed by atoms with E-state index in [1.54, 1.807) is 17.4 Å². The number of hydrogen-bond donors (Lipinski definition) is 0. The molecule has 5 rings (SSSR count). The van der Waals surface area contributed by atoms with Gasteiger partial charge in [-0.1, -0.05) is 29.3 Å². The van der Waals surface area contributed by atoms with Gasteiger partial charge in [-0.15, -0.1) is 0 Å². The van der Waals surface area contributed by atoms with E-state index >= 15 is 0 Å². The zero-order valence-electron chi connectivity index (χ0n) is 22.1. The lowest BCUT2D eigenvalue weighted by molar-refractivity contribution is 0.0628. The lowest BCUT2D eigenvalue weighted by Crippen LogP contribution is -2.47. The fraction of sp³-hybridized carbons (Fsp3) is 0.593. The number of carbonyl (C=O) groups excluding carboxylic acids is 1. The van der Waals surface area contributed by atoms with Gasteiger partial charge >= 0.3 is 0 Å². The summed E-state index contributed by atoms with van der Waals surface area (Å²) in [5, 5.41) is 1.01. The zero-order chi connectivity index (χ0) is 27.2. The van der Waals surface area contributed by atoms with Crippen LogP contribution in [0.1, 0.15) is 53.0 Å². The SMILES string of the molecule is Cc1c(Cc2ccc(Cl)c(Cl)c2)ncnc1C(=O)N1CCC(N2C[C@H]3CC(N(C)S(C)(=O)=O)C[C@H]3C2)CC1. The molecule has 2 aliphatic heterocycles. The molecule has 11 heteroatoms. The first-order chi connectivity index (χ1) is 18.0. The molecule has 1 amide bonds. The monoisotopic (exact) mass is 579 g/mol. The number of halogens is 2. The number of likely N-dealkylation sites (tertiary alicyclic amines) is 2. The van der Waals surface area contributed by atoms with Crippen LogP contribution in [0.15, 0.2) is 24.5 Å². The number of aromatic nitrogens is 2. The lowest BCUT2D eigenvalue weighted by Gasteiger charge is -2.37. The first kappa shape index (κ1) is 27.8. The van der Waals surface area contributed by atoms with Crippen molar-refractivity contribution in [3.8, 4) is 0 Å². The Morgan fingerprint density at radius 1 is 1.08 bits per heavy atom. The summed E-state index contributed by atoms with van der Waals surface area (Å²) < 4.78 is 25.5. The second-order valence-corrected chi connectivity index (χ2v) is 14.0. The van der Waals surface area contributed by atoms with Crippen LogP contribution in [0, 0.1) is 18.8 Å². The molecule has 3 fully saturated rings. The van der Waals surface area contributed by atoms with Gasteiger partial charge in [-0.3, -0.25) is 9.69 Å². The van der Waals surface area contributed by atoms with Crippen LogP contribution < -0.4 is 0 Å². The second-order valence-electron chi connectivity index (χ2n) is 11.1. The molecule has 1 saturated carbocycles. The van der Waals surface area contributed by atoms with Crippen molar-refractivity contribution in [1.29, 1.82) is 0 Å². The van der Waals surface area contributed by atoms with Gasteiger partial charge in [0.2, 0.25) is 10.0 Å². The number of benzene rings is 1. The van der Waals surface area contributed by atoms with E-state index in [9.17, 15) is 13.2 Å². The highest BCUT2D eigenvalue weighted by Crippen LogP contribution is 2.42. The number of carbonyl (C=O) groups is 1. The topological polar surface area (TPSA) is 86.7 Å². The van der Waals surface area contributed by atoms with Gasteiger partial charge in [0.05, 0.1) is 22.0 Å². The van der Waals surface area contributed by atoms with E-state index in [4.69, 9.17) is 23.2 Å². The summed E-state index contributed by atoms with van der Waals surface area (Å²) in [6, 6.07) is 6.10. The van der Waals surface area contributed by atoms with E-state index < -0.39 is 10.0 Å². The summed E-state index contributed by atoms with van der Waals surface area (Å²) >= 11 is 12.2. The predicted molar refractivity (Wildman–Crippen MR) is 149 cm³/mol. The van der Waals surface area contributed by atoms with Crippen molar-refractivity contribution in [2.24, 2.45) is 11.8 Å². The van der Waals surface area contributed by atoms with Crippen molar-refractivity contribution in [3.05, 3.63) is 57.1 Å². The molecule has 0 radical (unpaired) electrons. The van der Waals surface area contributed by atoms with Crippen LogP contribution >= 0.6 is 23.2 Å². The van der Waals surface area contributed by atoms with E-state index in [0.717, 1.165) is 55.6 Å². The average molecular weight is 581 g/mol. The fourth-order valence-electron chi connectivity index (χ4n) is 6.48. The van der Waals surface area contributed by atoms with Gasteiger partial charge in [-0.2, -0.15) is 0 Å². The number of fused-ring (bicyclic) bond motifs is 1. The van der Waals surface area contributed by atoms with Crippen molar-refractivity contribution in [2.75, 3.05) is 39.5 Å². The number of nitrogens with zero attached hydrogens (tertiary/aromatic N) is 5. The van der Waals surface area contributed by atoms with Crippen molar-refractivity contribution in [1.82, 2.24) is 24.1 Å². The molecule has 2 aromatic rings. The maximum absolute atomic E-state index is 13.4. The van der Waals surface area contributed by atoms with Gasteiger partial charge in [0, 0.05) is 57.3 Å². The van der Waals surface area contributed by atoms with Crippen molar-refractivity contribution < 1.29 is 13.2 Å². The Balaban J connectivity index is 1.16.